The third kappa shape index (κ3) is 4.92. The Balaban J connectivity index is 1.30. The van der Waals surface area contributed by atoms with E-state index in [9.17, 15) is 9.59 Å². The lowest BCUT2D eigenvalue weighted by atomic mass is 9.98. The van der Waals surface area contributed by atoms with Crippen LogP contribution in [0.3, 0.4) is 0 Å². The third-order valence-electron chi connectivity index (χ3n) is 5.42. The van der Waals surface area contributed by atoms with Crippen LogP contribution in [0.25, 0.3) is 17.2 Å². The quantitative estimate of drug-likeness (QED) is 0.569. The summed E-state index contributed by atoms with van der Waals surface area (Å²) in [7, 11) is 0. The second-order valence-corrected chi connectivity index (χ2v) is 7.73. The number of rotatable bonds is 7. The molecule has 0 unspecified atom stereocenters. The number of ketones is 1. The zero-order chi connectivity index (χ0) is 21.6. The van der Waals surface area contributed by atoms with Crippen molar-refractivity contribution >= 4 is 18.0 Å². The average Bonchev–Trinajstić information content (AvgIpc) is 3.09. The fourth-order valence-electron chi connectivity index (χ4n) is 4.08. The van der Waals surface area contributed by atoms with Gasteiger partial charge in [-0.05, 0) is 40.3 Å². The molecule has 0 heterocycles. The summed E-state index contributed by atoms with van der Waals surface area (Å²) >= 11 is 0. The van der Waals surface area contributed by atoms with Crippen LogP contribution in [-0.2, 0) is 16.0 Å². The summed E-state index contributed by atoms with van der Waals surface area (Å²) in [6, 6.07) is 24.4. The minimum atomic E-state index is -0.433. The number of hydrogen-bond acceptors (Lipinski definition) is 3. The zero-order valence-corrected chi connectivity index (χ0v) is 17.5. The normalized spacial score (nSPS) is 12.4. The molecule has 31 heavy (non-hydrogen) atoms. The fraction of sp³-hybridized carbons (Fsp3) is 0.185. The summed E-state index contributed by atoms with van der Waals surface area (Å²) in [5.74, 6) is 0.191. The van der Waals surface area contributed by atoms with Gasteiger partial charge in [-0.3, -0.25) is 4.79 Å². The number of hydrogen-bond donors (Lipinski definition) is 1. The topological polar surface area (TPSA) is 55.4 Å². The molecular weight excluding hydrogens is 386 g/mol. The number of ether oxygens (including phenoxy) is 1. The fourth-order valence-corrected chi connectivity index (χ4v) is 4.08. The van der Waals surface area contributed by atoms with Crippen LogP contribution >= 0.6 is 0 Å². The lowest BCUT2D eigenvalue weighted by Gasteiger charge is -2.14. The molecule has 4 rings (SSSR count). The highest BCUT2D eigenvalue weighted by Crippen LogP contribution is 2.44. The molecule has 0 aliphatic heterocycles. The van der Waals surface area contributed by atoms with Crippen molar-refractivity contribution in [1.82, 2.24) is 5.32 Å². The van der Waals surface area contributed by atoms with E-state index in [-0.39, 0.29) is 11.7 Å². The molecular formula is C27H25NO3. The van der Waals surface area contributed by atoms with Crippen LogP contribution in [0.15, 0.2) is 78.9 Å². The number of alkyl carbamates (subject to hydrolysis) is 1. The highest BCUT2D eigenvalue weighted by Gasteiger charge is 2.28. The van der Waals surface area contributed by atoms with Crippen LogP contribution in [0, 0.1) is 0 Å². The molecule has 0 bridgehead atoms. The van der Waals surface area contributed by atoms with Crippen LogP contribution in [0.4, 0.5) is 4.79 Å². The number of amides is 1. The van der Waals surface area contributed by atoms with Crippen molar-refractivity contribution in [3.05, 3.63) is 101 Å². The SMILES string of the molecule is CC(=O)Cc1cccc(C=CCNC(=O)OCC2c3ccccc3-c3ccccc32)c1. The van der Waals surface area contributed by atoms with Gasteiger partial charge in [0.2, 0.25) is 0 Å². The Bertz CT molecular complexity index is 1090. The maximum absolute atomic E-state index is 12.2. The monoisotopic (exact) mass is 411 g/mol. The molecule has 0 radical (unpaired) electrons. The van der Waals surface area contributed by atoms with Gasteiger partial charge in [-0.1, -0.05) is 84.9 Å². The van der Waals surface area contributed by atoms with Crippen LogP contribution in [-0.4, -0.2) is 25.0 Å². The van der Waals surface area contributed by atoms with E-state index >= 15 is 0 Å². The van der Waals surface area contributed by atoms with Crippen molar-refractivity contribution in [1.29, 1.82) is 0 Å². The van der Waals surface area contributed by atoms with E-state index in [0.717, 1.165) is 11.1 Å². The predicted molar refractivity (Wildman–Crippen MR) is 123 cm³/mol. The summed E-state index contributed by atoms with van der Waals surface area (Å²) in [5.41, 5.74) is 6.79. The molecule has 3 aromatic rings. The van der Waals surface area contributed by atoms with Crippen molar-refractivity contribution in [2.24, 2.45) is 0 Å². The third-order valence-corrected chi connectivity index (χ3v) is 5.42. The zero-order valence-electron chi connectivity index (χ0n) is 17.5. The number of benzene rings is 3. The predicted octanol–water partition coefficient (Wildman–Crippen LogP) is 5.37. The summed E-state index contributed by atoms with van der Waals surface area (Å²) in [4.78, 5) is 23.5. The number of fused-ring (bicyclic) bond motifs is 3. The van der Waals surface area contributed by atoms with Crippen LogP contribution in [0.2, 0.25) is 0 Å². The Morgan fingerprint density at radius 2 is 1.61 bits per heavy atom. The van der Waals surface area contributed by atoms with E-state index in [2.05, 4.69) is 29.6 Å². The Kier molecular flexibility index (Phi) is 6.27. The molecule has 0 saturated carbocycles. The van der Waals surface area contributed by atoms with Gasteiger partial charge >= 0.3 is 6.09 Å². The number of carbonyl (C=O) groups excluding carboxylic acids is 2. The van der Waals surface area contributed by atoms with E-state index in [1.807, 2.05) is 60.7 Å². The van der Waals surface area contributed by atoms with Gasteiger partial charge in [-0.2, -0.15) is 0 Å². The summed E-state index contributed by atoms with van der Waals surface area (Å²) in [5, 5.41) is 2.77. The van der Waals surface area contributed by atoms with Gasteiger partial charge < -0.3 is 10.1 Å². The van der Waals surface area contributed by atoms with Crippen LogP contribution in [0.5, 0.6) is 0 Å². The molecule has 1 aliphatic rings. The highest BCUT2D eigenvalue weighted by atomic mass is 16.5. The van der Waals surface area contributed by atoms with Gasteiger partial charge in [-0.25, -0.2) is 4.79 Å². The Morgan fingerprint density at radius 3 is 2.29 bits per heavy atom. The van der Waals surface area contributed by atoms with Crippen LogP contribution in [0.1, 0.15) is 35.1 Å². The van der Waals surface area contributed by atoms with Gasteiger partial charge in [0.25, 0.3) is 0 Å². The first kappa shape index (κ1) is 20.6. The smallest absolute Gasteiger partial charge is 0.407 e. The Morgan fingerprint density at radius 1 is 0.935 bits per heavy atom. The summed E-state index contributed by atoms with van der Waals surface area (Å²) in [6.07, 6.45) is 3.79. The van der Waals surface area contributed by atoms with Crippen molar-refractivity contribution in [3.8, 4) is 11.1 Å². The maximum atomic E-state index is 12.2. The van der Waals surface area contributed by atoms with Gasteiger partial charge in [0.15, 0.2) is 0 Å². The highest BCUT2D eigenvalue weighted by molar-refractivity contribution is 5.79. The minimum Gasteiger partial charge on any atom is -0.449 e. The largest absolute Gasteiger partial charge is 0.449 e. The lowest BCUT2D eigenvalue weighted by molar-refractivity contribution is -0.116. The Hall–Kier alpha value is -3.66. The van der Waals surface area contributed by atoms with E-state index < -0.39 is 6.09 Å². The van der Waals surface area contributed by atoms with Crippen molar-refractivity contribution in [2.45, 2.75) is 19.3 Å². The van der Waals surface area contributed by atoms with Gasteiger partial charge in [0, 0.05) is 18.9 Å². The van der Waals surface area contributed by atoms with Crippen molar-refractivity contribution in [2.75, 3.05) is 13.2 Å². The molecule has 1 aliphatic carbocycles. The number of carbonyl (C=O) groups is 2. The molecule has 0 spiro atoms. The first-order valence-electron chi connectivity index (χ1n) is 10.5. The molecule has 1 amide bonds. The van der Waals surface area contributed by atoms with Crippen LogP contribution < -0.4 is 5.32 Å². The maximum Gasteiger partial charge on any atom is 0.407 e. The standard InChI is InChI=1S/C27H25NO3/c1-19(29)16-21-9-6-8-20(17-21)10-7-15-28-27(30)31-18-26-24-13-4-2-11-22(24)23-12-3-5-14-25(23)26/h2-14,17,26H,15-16,18H2,1H3,(H,28,30). The van der Waals surface area contributed by atoms with Crippen molar-refractivity contribution in [3.63, 3.8) is 0 Å². The number of nitrogens with one attached hydrogen (secondary N) is 1. The number of Topliss-reactive ketones (excluding diaryl/α,β-unsaturated/α-hetero) is 1. The molecule has 4 nitrogen and oxygen atoms in total. The second-order valence-electron chi connectivity index (χ2n) is 7.73. The van der Waals surface area contributed by atoms with E-state index in [1.54, 1.807) is 6.92 Å². The van der Waals surface area contributed by atoms with E-state index in [4.69, 9.17) is 4.74 Å². The molecule has 0 atom stereocenters. The summed E-state index contributed by atoms with van der Waals surface area (Å²) < 4.78 is 5.53. The van der Waals surface area contributed by atoms with Gasteiger partial charge in [0.1, 0.15) is 12.4 Å². The molecule has 1 N–H and O–H groups in total. The second kappa shape index (κ2) is 9.43. The molecule has 156 valence electrons. The van der Waals surface area contributed by atoms with Gasteiger partial charge in [0.05, 0.1) is 0 Å². The first-order valence-corrected chi connectivity index (χ1v) is 10.5. The molecule has 0 saturated heterocycles. The molecule has 3 aromatic carbocycles. The van der Waals surface area contributed by atoms with E-state index in [1.165, 1.54) is 22.3 Å². The average molecular weight is 412 g/mol. The minimum absolute atomic E-state index is 0.0534. The Labute approximate surface area is 182 Å². The van der Waals surface area contributed by atoms with Crippen molar-refractivity contribution < 1.29 is 14.3 Å². The first-order chi connectivity index (χ1) is 15.1. The van der Waals surface area contributed by atoms with E-state index in [0.29, 0.717) is 19.6 Å². The molecule has 0 fully saturated rings. The lowest BCUT2D eigenvalue weighted by Crippen LogP contribution is -2.26. The summed E-state index contributed by atoms with van der Waals surface area (Å²) in [6.45, 7) is 2.26. The molecule has 0 aromatic heterocycles. The van der Waals surface area contributed by atoms with Gasteiger partial charge in [-0.15, -0.1) is 0 Å². The molecule has 4 heteroatoms.